The van der Waals surface area contributed by atoms with Crippen LogP contribution in [0.4, 0.5) is 0 Å². The van der Waals surface area contributed by atoms with Gasteiger partial charge in [-0.05, 0) is 49.0 Å². The van der Waals surface area contributed by atoms with Crippen molar-refractivity contribution in [3.63, 3.8) is 0 Å². The van der Waals surface area contributed by atoms with Gasteiger partial charge in [-0.2, -0.15) is 0 Å². The molecule has 0 heterocycles. The van der Waals surface area contributed by atoms with Crippen molar-refractivity contribution in [3.05, 3.63) is 35.9 Å². The molecule has 2 rings (SSSR count). The number of carboxylic acids is 1. The van der Waals surface area contributed by atoms with Gasteiger partial charge in [0, 0.05) is 0 Å². The molecule has 0 aliphatic heterocycles. The molecular weight excluding hydrogens is 236 g/mol. The second kappa shape index (κ2) is 6.23. The van der Waals surface area contributed by atoms with Crippen LogP contribution >= 0.6 is 0 Å². The van der Waals surface area contributed by atoms with E-state index in [1.807, 2.05) is 30.3 Å². The third-order valence-electron chi connectivity index (χ3n) is 4.40. The van der Waals surface area contributed by atoms with Gasteiger partial charge in [0.05, 0.1) is 5.92 Å². The third-order valence-corrected chi connectivity index (χ3v) is 4.40. The van der Waals surface area contributed by atoms with E-state index in [2.05, 4.69) is 13.8 Å². The molecule has 1 aliphatic carbocycles. The summed E-state index contributed by atoms with van der Waals surface area (Å²) in [5.41, 5.74) is 1.14. The van der Waals surface area contributed by atoms with Crippen LogP contribution in [0.1, 0.15) is 38.7 Å². The van der Waals surface area contributed by atoms with Crippen LogP contribution in [0, 0.1) is 23.7 Å². The second-order valence-corrected chi connectivity index (χ2v) is 6.31. The summed E-state index contributed by atoms with van der Waals surface area (Å²) in [6, 6.07) is 10.0. The smallest absolute Gasteiger partial charge is 0.307 e. The fraction of sp³-hybridized carbons (Fsp3) is 0.588. The summed E-state index contributed by atoms with van der Waals surface area (Å²) in [5.74, 6) is 0.789. The van der Waals surface area contributed by atoms with Crippen molar-refractivity contribution in [2.75, 3.05) is 0 Å². The predicted octanol–water partition coefficient (Wildman–Crippen LogP) is 4.00. The largest absolute Gasteiger partial charge is 0.481 e. The number of benzene rings is 1. The van der Waals surface area contributed by atoms with Crippen molar-refractivity contribution in [2.24, 2.45) is 23.7 Å². The molecule has 1 saturated carbocycles. The average molecular weight is 260 g/mol. The number of hydrogen-bond acceptors (Lipinski definition) is 1. The molecular formula is C17H24O2. The summed E-state index contributed by atoms with van der Waals surface area (Å²) in [5, 5.41) is 9.56. The Morgan fingerprint density at radius 2 is 1.74 bits per heavy atom. The first-order valence-electron chi connectivity index (χ1n) is 7.33. The Morgan fingerprint density at radius 3 is 2.26 bits per heavy atom. The molecule has 2 heteroatoms. The highest BCUT2D eigenvalue weighted by Gasteiger charge is 2.33. The Bertz CT molecular complexity index is 403. The molecule has 0 radical (unpaired) electrons. The lowest BCUT2D eigenvalue weighted by Crippen LogP contribution is -2.32. The Kier molecular flexibility index (Phi) is 4.62. The van der Waals surface area contributed by atoms with E-state index in [1.165, 1.54) is 6.42 Å². The minimum atomic E-state index is -0.629. The highest BCUT2D eigenvalue weighted by molar-refractivity contribution is 5.70. The predicted molar refractivity (Wildman–Crippen MR) is 76.9 cm³/mol. The number of aliphatic carboxylic acids is 1. The molecule has 104 valence electrons. The van der Waals surface area contributed by atoms with Gasteiger partial charge >= 0.3 is 5.97 Å². The summed E-state index contributed by atoms with van der Waals surface area (Å²) in [6.07, 6.45) is 4.04. The summed E-state index contributed by atoms with van der Waals surface area (Å²) in [7, 11) is 0. The maximum Gasteiger partial charge on any atom is 0.307 e. The molecule has 1 aromatic carbocycles. The summed E-state index contributed by atoms with van der Waals surface area (Å²) in [4.78, 5) is 11.6. The van der Waals surface area contributed by atoms with Crippen molar-refractivity contribution in [1.82, 2.24) is 0 Å². The topological polar surface area (TPSA) is 37.3 Å². The van der Waals surface area contributed by atoms with Crippen LogP contribution in [-0.4, -0.2) is 11.1 Å². The maximum absolute atomic E-state index is 11.6. The van der Waals surface area contributed by atoms with Crippen LogP contribution in [0.5, 0.6) is 0 Å². The van der Waals surface area contributed by atoms with Crippen LogP contribution in [0.25, 0.3) is 0 Å². The van der Waals surface area contributed by atoms with Gasteiger partial charge < -0.3 is 5.11 Å². The maximum atomic E-state index is 11.6. The number of rotatable bonds is 4. The third kappa shape index (κ3) is 3.82. The zero-order valence-electron chi connectivity index (χ0n) is 11.9. The van der Waals surface area contributed by atoms with Gasteiger partial charge in [0.25, 0.3) is 0 Å². The van der Waals surface area contributed by atoms with Gasteiger partial charge in [0.1, 0.15) is 0 Å². The molecule has 0 saturated heterocycles. The van der Waals surface area contributed by atoms with E-state index in [4.69, 9.17) is 0 Å². The molecule has 1 aliphatic rings. The van der Waals surface area contributed by atoms with Crippen molar-refractivity contribution in [2.45, 2.75) is 39.5 Å². The van der Waals surface area contributed by atoms with Gasteiger partial charge in [-0.3, -0.25) is 4.79 Å². The van der Waals surface area contributed by atoms with E-state index < -0.39 is 5.97 Å². The molecule has 0 aromatic heterocycles. The average Bonchev–Trinajstić information content (AvgIpc) is 2.35. The molecule has 1 fully saturated rings. The summed E-state index contributed by atoms with van der Waals surface area (Å²) < 4.78 is 0. The molecule has 3 unspecified atom stereocenters. The van der Waals surface area contributed by atoms with Crippen molar-refractivity contribution < 1.29 is 9.90 Å². The fourth-order valence-electron chi connectivity index (χ4n) is 3.66. The van der Waals surface area contributed by atoms with Crippen LogP contribution in [0.2, 0.25) is 0 Å². The normalized spacial score (nSPS) is 28.8. The fourth-order valence-corrected chi connectivity index (χ4v) is 3.66. The van der Waals surface area contributed by atoms with E-state index in [0.717, 1.165) is 18.4 Å². The number of hydrogen-bond donors (Lipinski definition) is 1. The van der Waals surface area contributed by atoms with Gasteiger partial charge in [0.15, 0.2) is 0 Å². The zero-order valence-corrected chi connectivity index (χ0v) is 11.9. The SMILES string of the molecule is CC1CC(C)CC(C(Cc2ccccc2)C(=O)O)C1. The first-order chi connectivity index (χ1) is 9.06. The molecule has 1 N–H and O–H groups in total. The van der Waals surface area contributed by atoms with Crippen LogP contribution < -0.4 is 0 Å². The van der Waals surface area contributed by atoms with Crippen LogP contribution in [-0.2, 0) is 11.2 Å². The van der Waals surface area contributed by atoms with E-state index >= 15 is 0 Å². The lowest BCUT2D eigenvalue weighted by molar-refractivity contribution is -0.144. The first-order valence-corrected chi connectivity index (χ1v) is 7.33. The zero-order chi connectivity index (χ0) is 13.8. The van der Waals surface area contributed by atoms with Crippen molar-refractivity contribution in [3.8, 4) is 0 Å². The van der Waals surface area contributed by atoms with Crippen molar-refractivity contribution in [1.29, 1.82) is 0 Å². The molecule has 2 nitrogen and oxygen atoms in total. The number of carboxylic acid groups (broad SMARTS) is 1. The standard InChI is InChI=1S/C17H24O2/c1-12-8-13(2)10-15(9-12)16(17(18)19)11-14-6-4-3-5-7-14/h3-7,12-13,15-16H,8-11H2,1-2H3,(H,18,19). The van der Waals surface area contributed by atoms with Gasteiger partial charge in [-0.1, -0.05) is 44.2 Å². The molecule has 0 bridgehead atoms. The van der Waals surface area contributed by atoms with E-state index in [1.54, 1.807) is 0 Å². The minimum Gasteiger partial charge on any atom is -0.481 e. The lowest BCUT2D eigenvalue weighted by Gasteiger charge is -2.35. The van der Waals surface area contributed by atoms with E-state index in [9.17, 15) is 9.90 Å². The Balaban J connectivity index is 2.09. The monoisotopic (exact) mass is 260 g/mol. The summed E-state index contributed by atoms with van der Waals surface area (Å²) >= 11 is 0. The van der Waals surface area contributed by atoms with Gasteiger partial charge in [0.2, 0.25) is 0 Å². The first kappa shape index (κ1) is 14.1. The lowest BCUT2D eigenvalue weighted by atomic mass is 9.70. The molecule has 3 atom stereocenters. The molecule has 0 amide bonds. The molecule has 19 heavy (non-hydrogen) atoms. The highest BCUT2D eigenvalue weighted by atomic mass is 16.4. The second-order valence-electron chi connectivity index (χ2n) is 6.31. The Hall–Kier alpha value is -1.31. The van der Waals surface area contributed by atoms with Crippen LogP contribution in [0.3, 0.4) is 0 Å². The summed E-state index contributed by atoms with van der Waals surface area (Å²) in [6.45, 7) is 4.51. The Morgan fingerprint density at radius 1 is 1.16 bits per heavy atom. The van der Waals surface area contributed by atoms with E-state index in [-0.39, 0.29) is 5.92 Å². The van der Waals surface area contributed by atoms with Crippen LogP contribution in [0.15, 0.2) is 30.3 Å². The minimum absolute atomic E-state index is 0.229. The molecule has 0 spiro atoms. The van der Waals surface area contributed by atoms with Gasteiger partial charge in [-0.15, -0.1) is 0 Å². The molecule has 1 aromatic rings. The quantitative estimate of drug-likeness (QED) is 0.888. The van der Waals surface area contributed by atoms with Gasteiger partial charge in [-0.25, -0.2) is 0 Å². The highest BCUT2D eigenvalue weighted by Crippen LogP contribution is 2.38. The number of carbonyl (C=O) groups is 1. The van der Waals surface area contributed by atoms with Crippen molar-refractivity contribution >= 4 is 5.97 Å². The Labute approximate surface area is 115 Å². The van der Waals surface area contributed by atoms with E-state index in [0.29, 0.717) is 24.2 Å².